The number of benzene rings is 1. The fourth-order valence-electron chi connectivity index (χ4n) is 2.11. The van der Waals surface area contributed by atoms with Gasteiger partial charge in [-0.05, 0) is 38.1 Å². The van der Waals surface area contributed by atoms with Crippen molar-refractivity contribution in [2.24, 2.45) is 0 Å². The molecule has 4 nitrogen and oxygen atoms in total. The molecule has 0 atom stereocenters. The second-order valence-electron chi connectivity index (χ2n) is 5.10. The van der Waals surface area contributed by atoms with Crippen LogP contribution in [0.5, 0.6) is 11.5 Å². The van der Waals surface area contributed by atoms with Crippen molar-refractivity contribution >= 4 is 0 Å². The molecule has 2 rings (SSSR count). The number of quaternary nitrogens is 1. The predicted octanol–water partition coefficient (Wildman–Crippen LogP) is 0.768. The minimum absolute atomic E-state index is 0.205. The van der Waals surface area contributed by atoms with Crippen LogP contribution >= 0.6 is 0 Å². The van der Waals surface area contributed by atoms with Crippen molar-refractivity contribution in [1.29, 1.82) is 0 Å². The van der Waals surface area contributed by atoms with Gasteiger partial charge in [0.2, 0.25) is 0 Å². The topological polar surface area (TPSA) is 32.1 Å². The zero-order valence-corrected chi connectivity index (χ0v) is 11.9. The van der Waals surface area contributed by atoms with E-state index in [4.69, 9.17) is 14.2 Å². The third-order valence-corrected chi connectivity index (χ3v) is 3.12. The molecule has 0 aliphatic carbocycles. The second-order valence-corrected chi connectivity index (χ2v) is 5.10. The summed E-state index contributed by atoms with van der Waals surface area (Å²) in [5.74, 6) is 1.80. The summed E-state index contributed by atoms with van der Waals surface area (Å²) in [6.07, 6.45) is 0.205. The highest BCUT2D eigenvalue weighted by Crippen LogP contribution is 2.18. The van der Waals surface area contributed by atoms with Crippen molar-refractivity contribution in [1.82, 2.24) is 0 Å². The Balaban J connectivity index is 1.70. The highest BCUT2D eigenvalue weighted by atomic mass is 16.5. The van der Waals surface area contributed by atoms with Crippen LogP contribution in [0.1, 0.15) is 13.8 Å². The Hall–Kier alpha value is -1.26. The number of rotatable bonds is 6. The lowest BCUT2D eigenvalue weighted by atomic mass is 10.3. The van der Waals surface area contributed by atoms with E-state index in [9.17, 15) is 0 Å². The maximum atomic E-state index is 5.75. The monoisotopic (exact) mass is 266 g/mol. The molecule has 1 fully saturated rings. The zero-order chi connectivity index (χ0) is 13.5. The molecule has 0 amide bonds. The number of hydrogen-bond acceptors (Lipinski definition) is 3. The third kappa shape index (κ3) is 5.09. The summed E-state index contributed by atoms with van der Waals surface area (Å²) in [7, 11) is 0. The van der Waals surface area contributed by atoms with E-state index in [0.29, 0.717) is 0 Å². The van der Waals surface area contributed by atoms with E-state index in [2.05, 4.69) is 0 Å². The molecule has 1 aliphatic heterocycles. The van der Waals surface area contributed by atoms with Crippen LogP contribution in [-0.4, -0.2) is 45.6 Å². The first kappa shape index (κ1) is 14.2. The standard InChI is InChI=1S/C15H23NO3/c1-13(2)19-15-5-3-14(4-6-15)18-12-9-16-7-10-17-11-8-16/h3-6,13H,7-12H2,1-2H3/p+1. The van der Waals surface area contributed by atoms with Crippen LogP contribution in [0.3, 0.4) is 0 Å². The van der Waals surface area contributed by atoms with Crippen LogP contribution in [0, 0.1) is 0 Å². The molecule has 106 valence electrons. The van der Waals surface area contributed by atoms with E-state index in [1.807, 2.05) is 38.1 Å². The fourth-order valence-corrected chi connectivity index (χ4v) is 2.11. The van der Waals surface area contributed by atoms with E-state index in [1.54, 1.807) is 4.90 Å². The Bertz CT molecular complexity index is 358. The summed E-state index contributed by atoms with van der Waals surface area (Å²) in [5.41, 5.74) is 0. The Labute approximate surface area is 115 Å². The minimum atomic E-state index is 0.205. The van der Waals surface area contributed by atoms with Crippen LogP contribution in [0.2, 0.25) is 0 Å². The summed E-state index contributed by atoms with van der Waals surface area (Å²) < 4.78 is 16.7. The third-order valence-electron chi connectivity index (χ3n) is 3.12. The largest absolute Gasteiger partial charge is 0.491 e. The van der Waals surface area contributed by atoms with Gasteiger partial charge in [0.05, 0.1) is 19.3 Å². The van der Waals surface area contributed by atoms with Crippen molar-refractivity contribution < 1.29 is 19.1 Å². The van der Waals surface area contributed by atoms with Gasteiger partial charge in [-0.15, -0.1) is 0 Å². The molecular weight excluding hydrogens is 242 g/mol. The predicted molar refractivity (Wildman–Crippen MR) is 74.1 cm³/mol. The highest BCUT2D eigenvalue weighted by molar-refractivity contribution is 5.31. The Morgan fingerprint density at radius 2 is 1.74 bits per heavy atom. The quantitative estimate of drug-likeness (QED) is 0.825. The van der Waals surface area contributed by atoms with Crippen LogP contribution < -0.4 is 14.4 Å². The molecule has 1 aliphatic rings. The SMILES string of the molecule is CC(C)Oc1ccc(OCC[NH+]2CCOCC2)cc1. The molecule has 0 radical (unpaired) electrons. The maximum Gasteiger partial charge on any atom is 0.137 e. The van der Waals surface area contributed by atoms with Crippen LogP contribution in [0.4, 0.5) is 0 Å². The first-order valence-corrected chi connectivity index (χ1v) is 7.05. The summed E-state index contributed by atoms with van der Waals surface area (Å²) in [6, 6.07) is 7.84. The first-order valence-electron chi connectivity index (χ1n) is 7.05. The average molecular weight is 266 g/mol. The molecule has 0 unspecified atom stereocenters. The van der Waals surface area contributed by atoms with Crippen molar-refractivity contribution in [2.75, 3.05) is 39.5 Å². The second kappa shape index (κ2) is 7.36. The molecule has 0 aromatic heterocycles. The van der Waals surface area contributed by atoms with Gasteiger partial charge in [0.1, 0.15) is 37.7 Å². The van der Waals surface area contributed by atoms with Gasteiger partial charge in [-0.25, -0.2) is 0 Å². The van der Waals surface area contributed by atoms with Gasteiger partial charge < -0.3 is 19.1 Å². The average Bonchev–Trinajstić information content (AvgIpc) is 2.41. The Kier molecular flexibility index (Phi) is 5.48. The van der Waals surface area contributed by atoms with Crippen LogP contribution in [0.15, 0.2) is 24.3 Å². The zero-order valence-electron chi connectivity index (χ0n) is 11.9. The molecule has 0 bridgehead atoms. The van der Waals surface area contributed by atoms with Crippen molar-refractivity contribution in [2.45, 2.75) is 20.0 Å². The van der Waals surface area contributed by atoms with Crippen molar-refractivity contribution in [3.05, 3.63) is 24.3 Å². The lowest BCUT2D eigenvalue weighted by Gasteiger charge is -2.23. The smallest absolute Gasteiger partial charge is 0.137 e. The molecule has 4 heteroatoms. The van der Waals surface area contributed by atoms with E-state index in [0.717, 1.165) is 51.0 Å². The minimum Gasteiger partial charge on any atom is -0.491 e. The van der Waals surface area contributed by atoms with Gasteiger partial charge in [0, 0.05) is 0 Å². The highest BCUT2D eigenvalue weighted by Gasteiger charge is 2.13. The van der Waals surface area contributed by atoms with E-state index in [-0.39, 0.29) is 6.10 Å². The fraction of sp³-hybridized carbons (Fsp3) is 0.600. The molecule has 0 saturated carbocycles. The van der Waals surface area contributed by atoms with Crippen LogP contribution in [-0.2, 0) is 4.74 Å². The van der Waals surface area contributed by atoms with Crippen molar-refractivity contribution in [3.8, 4) is 11.5 Å². The number of nitrogens with one attached hydrogen (secondary N) is 1. The lowest BCUT2D eigenvalue weighted by molar-refractivity contribution is -0.908. The van der Waals surface area contributed by atoms with Gasteiger partial charge >= 0.3 is 0 Å². The summed E-state index contributed by atoms with van der Waals surface area (Å²) in [6.45, 7) is 9.75. The lowest BCUT2D eigenvalue weighted by Crippen LogP contribution is -3.14. The Morgan fingerprint density at radius 3 is 2.37 bits per heavy atom. The van der Waals surface area contributed by atoms with Crippen molar-refractivity contribution in [3.63, 3.8) is 0 Å². The summed E-state index contributed by atoms with van der Waals surface area (Å²) in [5, 5.41) is 0. The molecular formula is C15H24NO3+. The molecule has 1 N–H and O–H groups in total. The van der Waals surface area contributed by atoms with Gasteiger partial charge in [-0.2, -0.15) is 0 Å². The van der Waals surface area contributed by atoms with Gasteiger partial charge in [-0.3, -0.25) is 0 Å². The normalized spacial score (nSPS) is 16.6. The summed E-state index contributed by atoms with van der Waals surface area (Å²) >= 11 is 0. The van der Waals surface area contributed by atoms with Gasteiger partial charge in [-0.1, -0.05) is 0 Å². The molecule has 1 heterocycles. The molecule has 19 heavy (non-hydrogen) atoms. The number of morpholine rings is 1. The maximum absolute atomic E-state index is 5.75. The van der Waals surface area contributed by atoms with E-state index in [1.165, 1.54) is 0 Å². The molecule has 1 aromatic carbocycles. The van der Waals surface area contributed by atoms with E-state index >= 15 is 0 Å². The molecule has 1 aromatic rings. The Morgan fingerprint density at radius 1 is 1.11 bits per heavy atom. The van der Waals surface area contributed by atoms with Crippen LogP contribution in [0.25, 0.3) is 0 Å². The molecule has 0 spiro atoms. The van der Waals surface area contributed by atoms with E-state index < -0.39 is 0 Å². The summed E-state index contributed by atoms with van der Waals surface area (Å²) in [4.78, 5) is 1.56. The number of hydrogen-bond donors (Lipinski definition) is 1. The van der Waals surface area contributed by atoms with Gasteiger partial charge in [0.15, 0.2) is 0 Å². The number of ether oxygens (including phenoxy) is 3. The van der Waals surface area contributed by atoms with Gasteiger partial charge in [0.25, 0.3) is 0 Å². The first-order chi connectivity index (χ1) is 9.24. The molecule has 1 saturated heterocycles.